The van der Waals surface area contributed by atoms with Crippen molar-refractivity contribution in [3.8, 4) is 73.8 Å². The number of nitrogens with one attached hydrogen (secondary N) is 4. The van der Waals surface area contributed by atoms with Gasteiger partial charge in [-0.25, -0.2) is 40.8 Å². The number of pyridine rings is 4. The number of fused-ring (bicyclic) bond motifs is 1. The number of carbonyl (C=O) groups excluding carboxylic acids is 5. The summed E-state index contributed by atoms with van der Waals surface area (Å²) in [6.45, 7) is 11.5. The standard InChI is InChI=1S/C26H21F2NO4.2C25H27N3O4S.C24H24N2O3.4H2/c1-15-6-8-20(29-24(15)18-5-3-4-17(12-18)16(2)30)14-23(31)25(10-11-25)19-7-9-21-22(13-19)33-26(27,28)32-21;1-17-5-14-22(26-23(17)18-6-12-21(13-7-18)33(30,31)28(2)3)27-24(29)25(15-16-25)19-8-10-20(32-4)11-9-19;1-24(2)16-25(24,18-10-12-19(32-4)13-11-18)23(29)28-22-7-5-6-21(27-22)17-8-14-20(15-9-17)33(30,31)26-3;1-16-7-12-21(25-22(16)20-6-4-3-5-17(20)15-27)26-23(28)24(13-14-24)18-8-10-19(29-2)11-9-18;;;;/h3-9,12-13H,10-11,14H2,1-2H3;5-14H,15-16H2,1-4H3,(H,26,27,29);5-15,26H,16H2,1-4H3,(H,27,28,29);3-12,27H,13-15H2,1-2H3,(H,25,26,28);4*1H. The number of rotatable bonds is 26. The van der Waals surface area contributed by atoms with Gasteiger partial charge in [-0.2, -0.15) is 0 Å². The summed E-state index contributed by atoms with van der Waals surface area (Å²) < 4.78 is 103. The second-order valence-electron chi connectivity index (χ2n) is 33.3. The molecule has 5 heterocycles. The van der Waals surface area contributed by atoms with Gasteiger partial charge in [0.05, 0.1) is 82.2 Å². The van der Waals surface area contributed by atoms with E-state index >= 15 is 0 Å². The zero-order chi connectivity index (χ0) is 91.5. The van der Waals surface area contributed by atoms with Crippen molar-refractivity contribution < 1.29 is 84.1 Å². The maximum absolute atomic E-state index is 13.4. The molecule has 4 fully saturated rings. The number of aliphatic hydroxyl groups excluding tert-OH is 1. The van der Waals surface area contributed by atoms with Crippen LogP contribution in [0.15, 0.2) is 252 Å². The summed E-state index contributed by atoms with van der Waals surface area (Å²) in [5.74, 6) is 3.33. The van der Waals surface area contributed by atoms with Crippen LogP contribution in [-0.4, -0.2) is 124 Å². The molecule has 4 aromatic heterocycles. The van der Waals surface area contributed by atoms with E-state index in [0.29, 0.717) is 58.5 Å². The lowest BCUT2D eigenvalue weighted by atomic mass is 9.87. The highest BCUT2D eigenvalue weighted by atomic mass is 32.2. The van der Waals surface area contributed by atoms with E-state index in [-0.39, 0.29) is 74.7 Å². The number of hydrogen-bond acceptors (Lipinski definition) is 19. The molecule has 8 aromatic carbocycles. The highest BCUT2D eigenvalue weighted by Gasteiger charge is 2.67. The zero-order valence-corrected chi connectivity index (χ0v) is 74.6. The molecule has 0 saturated heterocycles. The number of aryl methyl sites for hydroxylation is 3. The molecule has 1 aliphatic heterocycles. The van der Waals surface area contributed by atoms with Crippen LogP contribution in [0.25, 0.3) is 45.0 Å². The van der Waals surface area contributed by atoms with E-state index in [2.05, 4.69) is 54.0 Å². The Balaban J connectivity index is 0.000000181. The van der Waals surface area contributed by atoms with E-state index in [1.165, 1.54) is 56.6 Å². The number of aromatic nitrogens is 4. The van der Waals surface area contributed by atoms with Gasteiger partial charge in [-0.3, -0.25) is 29.0 Å². The van der Waals surface area contributed by atoms with Crippen molar-refractivity contribution in [1.82, 2.24) is 29.0 Å². The average molecular weight is 1780 g/mol. The van der Waals surface area contributed by atoms with Gasteiger partial charge in [0.2, 0.25) is 37.8 Å². The molecule has 0 bridgehead atoms. The largest absolute Gasteiger partial charge is 0.586 e. The number of alkyl halides is 2. The van der Waals surface area contributed by atoms with Gasteiger partial charge in [0.15, 0.2) is 17.3 Å². The number of sulfonamides is 2. The van der Waals surface area contributed by atoms with Crippen molar-refractivity contribution in [2.75, 3.05) is 58.4 Å². The predicted octanol–water partition coefficient (Wildman–Crippen LogP) is 18.6. The minimum atomic E-state index is -3.69. The third-order valence-corrected chi connectivity index (χ3v) is 27.6. The number of aliphatic hydroxyl groups is 1. The SMILES string of the molecule is CC(=O)c1cccc(-c2nc(CC(=O)C3(c4ccc5c(c4)OC(F)(F)O5)CC3)ccc2C)c1.CNS(=O)(=O)c1ccc(-c2cccc(NC(=O)C3(c4ccc(OC)cc4)CC3(C)C)n2)cc1.COc1ccc(C2(C(=O)Nc3ccc(C)c(-c4ccc(S(=O)(=O)N(C)C)cc4)n3)CC2)cc1.COc1ccc(C2(C(=O)Nc3ccc(C)c(-c4ccccc4CO)n3)CC2)cc1.[HH].[HH].[HH].[HH]. The minimum absolute atomic E-state index is 0. The number of amides is 3. The zero-order valence-electron chi connectivity index (χ0n) is 72.9. The Labute approximate surface area is 749 Å². The van der Waals surface area contributed by atoms with Crippen LogP contribution in [0.2, 0.25) is 0 Å². The van der Waals surface area contributed by atoms with Crippen molar-refractivity contribution >= 4 is 66.8 Å². The fraction of sp³-hybridized carbons (Fsp3) is 0.270. The number of ether oxygens (including phenoxy) is 5. The van der Waals surface area contributed by atoms with Gasteiger partial charge in [0.25, 0.3) is 0 Å². The number of hydrogen-bond donors (Lipinski definition) is 5. The van der Waals surface area contributed by atoms with Crippen LogP contribution in [0.5, 0.6) is 28.7 Å². The molecule has 4 saturated carbocycles. The number of methoxy groups -OCH3 is 3. The first-order valence-electron chi connectivity index (χ1n) is 41.6. The summed E-state index contributed by atoms with van der Waals surface area (Å²) in [4.78, 5) is 83.8. The highest BCUT2D eigenvalue weighted by Crippen LogP contribution is 2.65. The predicted molar refractivity (Wildman–Crippen MR) is 493 cm³/mol. The summed E-state index contributed by atoms with van der Waals surface area (Å²) in [5, 5.41) is 18.6. The topological polar surface area (TPSA) is 323 Å². The number of Topliss-reactive ketones (excluding diaryl/α,β-unsaturated/α-hetero) is 2. The van der Waals surface area contributed by atoms with Crippen molar-refractivity contribution in [3.63, 3.8) is 0 Å². The molecular formula is C100H107F2N9O15S2. The number of anilines is 3. The van der Waals surface area contributed by atoms with Gasteiger partial charge in [-0.15, -0.1) is 8.78 Å². The Morgan fingerprint density at radius 3 is 1.47 bits per heavy atom. The van der Waals surface area contributed by atoms with Crippen LogP contribution in [0.4, 0.5) is 26.2 Å². The van der Waals surface area contributed by atoms with Crippen LogP contribution in [0.3, 0.4) is 0 Å². The molecule has 4 aliphatic carbocycles. The monoisotopic (exact) mass is 1780 g/mol. The minimum Gasteiger partial charge on any atom is -0.497 e. The number of halogens is 2. The van der Waals surface area contributed by atoms with Crippen LogP contribution in [-0.2, 0) is 73.9 Å². The lowest BCUT2D eigenvalue weighted by Crippen LogP contribution is -2.32. The molecule has 5 aliphatic rings. The van der Waals surface area contributed by atoms with Crippen molar-refractivity contribution in [3.05, 3.63) is 298 Å². The molecule has 24 nitrogen and oxygen atoms in total. The van der Waals surface area contributed by atoms with E-state index in [0.717, 1.165) is 122 Å². The lowest BCUT2D eigenvalue weighted by Gasteiger charge is -2.21. The molecule has 12 aromatic rings. The Hall–Kier alpha value is -13.3. The molecule has 5 N–H and O–H groups in total. The van der Waals surface area contributed by atoms with Crippen molar-refractivity contribution in [1.29, 1.82) is 0 Å². The summed E-state index contributed by atoms with van der Waals surface area (Å²) in [5.41, 5.74) is 11.9. The molecule has 0 radical (unpaired) electrons. The molecule has 28 heteroatoms. The summed E-state index contributed by atoms with van der Waals surface area (Å²) in [6.07, 6.45) is 1.64. The maximum Gasteiger partial charge on any atom is 0.586 e. The van der Waals surface area contributed by atoms with E-state index < -0.39 is 48.0 Å². The molecule has 1 unspecified atom stereocenters. The Kier molecular flexibility index (Phi) is 26.0. The van der Waals surface area contributed by atoms with Crippen molar-refractivity contribution in [2.45, 2.75) is 137 Å². The number of benzene rings is 8. The fourth-order valence-electron chi connectivity index (χ4n) is 16.1. The molecule has 0 spiro atoms. The van der Waals surface area contributed by atoms with Crippen LogP contribution >= 0.6 is 0 Å². The number of ketones is 2. The Morgan fingerprint density at radius 2 is 0.953 bits per heavy atom. The first-order valence-corrected chi connectivity index (χ1v) is 44.5. The fourth-order valence-corrected chi connectivity index (χ4v) is 17.7. The van der Waals surface area contributed by atoms with Gasteiger partial charge in [0, 0.05) is 59.7 Å². The van der Waals surface area contributed by atoms with E-state index in [9.17, 15) is 54.7 Å². The van der Waals surface area contributed by atoms with Gasteiger partial charge in [-0.05, 0) is 239 Å². The number of nitrogens with zero attached hydrogens (tertiary/aromatic N) is 5. The molecule has 3 amide bonds. The molecule has 1 atom stereocenters. The van der Waals surface area contributed by atoms with E-state index in [4.69, 9.17) is 24.2 Å². The molecule has 17 rings (SSSR count). The average Bonchev–Trinajstić information content (AvgIpc) is 1.53. The second-order valence-corrected chi connectivity index (χ2v) is 37.3. The smallest absolute Gasteiger partial charge is 0.497 e. The van der Waals surface area contributed by atoms with Crippen molar-refractivity contribution in [2.24, 2.45) is 5.41 Å². The van der Waals surface area contributed by atoms with E-state index in [1.54, 1.807) is 88.1 Å². The van der Waals surface area contributed by atoms with E-state index in [1.807, 2.05) is 172 Å². The molecule has 668 valence electrons. The molecule has 128 heavy (non-hydrogen) atoms. The first kappa shape index (κ1) is 91.0. The second kappa shape index (κ2) is 36.6. The summed E-state index contributed by atoms with van der Waals surface area (Å²) >= 11 is 0. The van der Waals surface area contributed by atoms with Gasteiger partial charge >= 0.3 is 6.29 Å². The Morgan fingerprint density at radius 1 is 0.484 bits per heavy atom. The quantitative estimate of drug-likeness (QED) is 0.0314. The maximum atomic E-state index is 13.4. The van der Waals surface area contributed by atoms with Gasteiger partial charge in [-0.1, -0.05) is 147 Å². The number of carbonyl (C=O) groups is 5. The Bertz CT molecular complexity index is 6490. The van der Waals surface area contributed by atoms with Gasteiger partial charge < -0.3 is 44.7 Å². The van der Waals surface area contributed by atoms with Crippen LogP contribution in [0, 0.1) is 26.2 Å². The highest BCUT2D eigenvalue weighted by molar-refractivity contribution is 7.89. The third kappa shape index (κ3) is 19.2. The van der Waals surface area contributed by atoms with Gasteiger partial charge in [0.1, 0.15) is 40.5 Å². The summed E-state index contributed by atoms with van der Waals surface area (Å²) in [7, 11) is 2.22. The normalized spacial score (nSPS) is 16.3. The lowest BCUT2D eigenvalue weighted by molar-refractivity contribution is -0.286. The van der Waals surface area contributed by atoms with Crippen LogP contribution < -0.4 is 44.4 Å². The molecular weight excluding hydrogens is 1670 g/mol. The van der Waals surface area contributed by atoms with Crippen LogP contribution in [0.1, 0.15) is 132 Å². The first-order chi connectivity index (χ1) is 61.0. The summed E-state index contributed by atoms with van der Waals surface area (Å²) in [6, 6.07) is 71.9. The third-order valence-electron chi connectivity index (χ3n) is 24.4.